The predicted molar refractivity (Wildman–Crippen MR) is 103 cm³/mol. The van der Waals surface area contributed by atoms with E-state index in [4.69, 9.17) is 17.3 Å². The summed E-state index contributed by atoms with van der Waals surface area (Å²) in [4.78, 5) is 11.0. The first-order valence-electron chi connectivity index (χ1n) is 8.24. The van der Waals surface area contributed by atoms with E-state index in [0.717, 1.165) is 24.6 Å². The maximum absolute atomic E-state index is 6.36. The van der Waals surface area contributed by atoms with Gasteiger partial charge in [-0.1, -0.05) is 39.3 Å². The average Bonchev–Trinajstić information content (AvgIpc) is 2.50. The van der Waals surface area contributed by atoms with Crippen molar-refractivity contribution in [2.45, 2.75) is 27.7 Å². The normalized spacial score (nSPS) is 11.1. The Balaban J connectivity index is 2.28. The second-order valence-corrected chi connectivity index (χ2v) is 7.22. The van der Waals surface area contributed by atoms with Crippen LogP contribution in [0.25, 0.3) is 0 Å². The monoisotopic (exact) mass is 347 g/mol. The van der Waals surface area contributed by atoms with Crippen LogP contribution in [0.15, 0.2) is 30.6 Å². The molecule has 0 radical (unpaired) electrons. The van der Waals surface area contributed by atoms with E-state index in [1.807, 2.05) is 24.3 Å². The number of aromatic nitrogens is 2. The summed E-state index contributed by atoms with van der Waals surface area (Å²) in [5, 5.41) is 3.93. The molecular weight excluding hydrogens is 322 g/mol. The van der Waals surface area contributed by atoms with Crippen LogP contribution in [0.1, 0.15) is 27.7 Å². The Morgan fingerprint density at radius 1 is 1.04 bits per heavy atom. The van der Waals surface area contributed by atoms with Gasteiger partial charge in [-0.05, 0) is 36.1 Å². The number of halogens is 1. The van der Waals surface area contributed by atoms with Gasteiger partial charge in [0.15, 0.2) is 11.6 Å². The fraction of sp³-hybridized carbons (Fsp3) is 0.444. The van der Waals surface area contributed by atoms with Gasteiger partial charge in [-0.25, -0.2) is 9.97 Å². The topological polar surface area (TPSA) is 67.1 Å². The Bertz CT molecular complexity index is 645. The lowest BCUT2D eigenvalue weighted by Gasteiger charge is -2.28. The minimum absolute atomic E-state index is 0.519. The Kier molecular flexibility index (Phi) is 6.26. The molecule has 0 atom stereocenters. The van der Waals surface area contributed by atoms with Crippen molar-refractivity contribution in [3.63, 3.8) is 0 Å². The molecule has 1 aromatic carbocycles. The molecule has 0 saturated carbocycles. The first kappa shape index (κ1) is 18.3. The third kappa shape index (κ3) is 4.99. The van der Waals surface area contributed by atoms with Gasteiger partial charge >= 0.3 is 0 Å². The van der Waals surface area contributed by atoms with Gasteiger partial charge in [0.05, 0.1) is 0 Å². The number of rotatable bonds is 7. The van der Waals surface area contributed by atoms with E-state index < -0.39 is 0 Å². The highest BCUT2D eigenvalue weighted by atomic mass is 35.5. The number of anilines is 4. The third-order valence-corrected chi connectivity index (χ3v) is 3.69. The van der Waals surface area contributed by atoms with Crippen LogP contribution < -0.4 is 16.0 Å². The van der Waals surface area contributed by atoms with Crippen LogP contribution in [0.4, 0.5) is 23.0 Å². The van der Waals surface area contributed by atoms with Crippen molar-refractivity contribution < 1.29 is 0 Å². The number of benzene rings is 1. The van der Waals surface area contributed by atoms with Crippen LogP contribution in [0.3, 0.4) is 0 Å². The zero-order valence-corrected chi connectivity index (χ0v) is 15.5. The summed E-state index contributed by atoms with van der Waals surface area (Å²) < 4.78 is 0. The van der Waals surface area contributed by atoms with Crippen molar-refractivity contribution in [3.8, 4) is 0 Å². The van der Waals surface area contributed by atoms with Gasteiger partial charge in [-0.2, -0.15) is 0 Å². The lowest BCUT2D eigenvalue weighted by molar-refractivity contribution is 0.549. The van der Waals surface area contributed by atoms with Gasteiger partial charge in [-0.3, -0.25) is 0 Å². The molecule has 0 aliphatic heterocycles. The Labute approximate surface area is 149 Å². The smallest absolute Gasteiger partial charge is 0.159 e. The average molecular weight is 348 g/mol. The minimum atomic E-state index is 0.519. The highest BCUT2D eigenvalue weighted by molar-refractivity contribution is 6.30. The maximum Gasteiger partial charge on any atom is 0.159 e. The molecule has 3 N–H and O–H groups in total. The molecule has 0 saturated heterocycles. The van der Waals surface area contributed by atoms with E-state index >= 15 is 0 Å². The maximum atomic E-state index is 6.36. The van der Waals surface area contributed by atoms with Crippen molar-refractivity contribution in [1.82, 2.24) is 9.97 Å². The van der Waals surface area contributed by atoms with Crippen molar-refractivity contribution in [3.05, 3.63) is 35.6 Å². The van der Waals surface area contributed by atoms with E-state index in [1.54, 1.807) is 6.33 Å². The van der Waals surface area contributed by atoms with E-state index in [1.165, 1.54) is 0 Å². The standard InChI is InChI=1S/C18H26ClN5/c1-12(2)9-24(10-13(3)4)18-16(20)17(21-11-22-18)23-15-7-5-14(19)6-8-15/h5-8,11-13H,9-10,20H2,1-4H3,(H,21,22,23). The van der Waals surface area contributed by atoms with Gasteiger partial charge in [0, 0.05) is 23.8 Å². The number of nitrogens with two attached hydrogens (primary N) is 1. The molecule has 0 fully saturated rings. The molecule has 130 valence electrons. The zero-order chi connectivity index (χ0) is 17.7. The molecule has 0 spiro atoms. The van der Waals surface area contributed by atoms with E-state index in [-0.39, 0.29) is 0 Å². The Morgan fingerprint density at radius 3 is 2.17 bits per heavy atom. The van der Waals surface area contributed by atoms with Crippen molar-refractivity contribution in [2.24, 2.45) is 11.8 Å². The van der Waals surface area contributed by atoms with Crippen molar-refractivity contribution >= 4 is 34.6 Å². The van der Waals surface area contributed by atoms with Gasteiger partial charge in [0.25, 0.3) is 0 Å². The van der Waals surface area contributed by atoms with Gasteiger partial charge in [0.1, 0.15) is 12.0 Å². The number of nitrogens with zero attached hydrogens (tertiary/aromatic N) is 3. The predicted octanol–water partition coefficient (Wildman–Crippen LogP) is 4.57. The van der Waals surface area contributed by atoms with Crippen LogP contribution in [0.2, 0.25) is 5.02 Å². The summed E-state index contributed by atoms with van der Waals surface area (Å²) in [6, 6.07) is 7.44. The molecule has 0 amide bonds. The fourth-order valence-electron chi connectivity index (χ4n) is 2.54. The third-order valence-electron chi connectivity index (χ3n) is 3.44. The first-order valence-corrected chi connectivity index (χ1v) is 8.62. The van der Waals surface area contributed by atoms with Crippen LogP contribution in [0.5, 0.6) is 0 Å². The van der Waals surface area contributed by atoms with Gasteiger partial charge in [0.2, 0.25) is 0 Å². The molecule has 24 heavy (non-hydrogen) atoms. The molecule has 6 heteroatoms. The summed E-state index contributed by atoms with van der Waals surface area (Å²) in [5.74, 6) is 2.43. The second kappa shape index (κ2) is 8.20. The highest BCUT2D eigenvalue weighted by Gasteiger charge is 2.17. The van der Waals surface area contributed by atoms with E-state index in [0.29, 0.717) is 28.4 Å². The largest absolute Gasteiger partial charge is 0.393 e. The zero-order valence-electron chi connectivity index (χ0n) is 14.8. The van der Waals surface area contributed by atoms with Gasteiger partial charge in [-0.15, -0.1) is 0 Å². The molecule has 5 nitrogen and oxygen atoms in total. The number of nitrogens with one attached hydrogen (secondary N) is 1. The molecule has 0 bridgehead atoms. The van der Waals surface area contributed by atoms with Crippen molar-refractivity contribution in [1.29, 1.82) is 0 Å². The number of hydrogen-bond donors (Lipinski definition) is 2. The molecule has 0 aliphatic rings. The summed E-state index contributed by atoms with van der Waals surface area (Å²) in [6.45, 7) is 10.6. The van der Waals surface area contributed by atoms with Crippen LogP contribution in [-0.4, -0.2) is 23.1 Å². The quantitative estimate of drug-likeness (QED) is 0.767. The first-order chi connectivity index (χ1) is 11.4. The minimum Gasteiger partial charge on any atom is -0.393 e. The Morgan fingerprint density at radius 2 is 1.62 bits per heavy atom. The molecule has 2 rings (SSSR count). The molecule has 2 aromatic rings. The van der Waals surface area contributed by atoms with Crippen LogP contribution in [-0.2, 0) is 0 Å². The van der Waals surface area contributed by atoms with E-state index in [9.17, 15) is 0 Å². The van der Waals surface area contributed by atoms with Crippen molar-refractivity contribution in [2.75, 3.05) is 29.0 Å². The number of hydrogen-bond acceptors (Lipinski definition) is 5. The lowest BCUT2D eigenvalue weighted by Crippen LogP contribution is -2.32. The molecule has 1 aromatic heterocycles. The molecule has 0 unspecified atom stereocenters. The Hall–Kier alpha value is -2.01. The lowest BCUT2D eigenvalue weighted by atomic mass is 10.1. The molecular formula is C18H26ClN5. The van der Waals surface area contributed by atoms with E-state index in [2.05, 4.69) is 47.9 Å². The summed E-state index contributed by atoms with van der Waals surface area (Å²) in [5.41, 5.74) is 7.81. The summed E-state index contributed by atoms with van der Waals surface area (Å²) in [6.07, 6.45) is 1.55. The highest BCUT2D eigenvalue weighted by Crippen LogP contribution is 2.29. The van der Waals surface area contributed by atoms with Gasteiger partial charge < -0.3 is 16.0 Å². The number of nitrogen functional groups attached to an aromatic ring is 1. The summed E-state index contributed by atoms with van der Waals surface area (Å²) in [7, 11) is 0. The van der Waals surface area contributed by atoms with Crippen LogP contribution in [0, 0.1) is 11.8 Å². The molecule has 0 aliphatic carbocycles. The summed E-state index contributed by atoms with van der Waals surface area (Å²) >= 11 is 5.92. The second-order valence-electron chi connectivity index (χ2n) is 6.78. The van der Waals surface area contributed by atoms with Crippen LogP contribution >= 0.6 is 11.6 Å². The molecule has 1 heterocycles. The fourth-order valence-corrected chi connectivity index (χ4v) is 2.66. The SMILES string of the molecule is CC(C)CN(CC(C)C)c1ncnc(Nc2ccc(Cl)cc2)c1N.